The molecule has 2 aliphatic heterocycles. The second-order valence-corrected chi connectivity index (χ2v) is 8.52. The topological polar surface area (TPSA) is 85.3 Å². The summed E-state index contributed by atoms with van der Waals surface area (Å²) in [5, 5.41) is 11.4. The van der Waals surface area contributed by atoms with Crippen molar-refractivity contribution in [1.29, 1.82) is 0 Å². The van der Waals surface area contributed by atoms with E-state index in [1.165, 1.54) is 12.0 Å². The smallest absolute Gasteiger partial charge is 0.295 e. The first-order valence-corrected chi connectivity index (χ1v) is 11.0. The zero-order chi connectivity index (χ0) is 23.7. The molecule has 4 rings (SSSR count). The van der Waals surface area contributed by atoms with Crippen LogP contribution in [-0.4, -0.2) is 55.2 Å². The maximum atomic E-state index is 13.3. The molecule has 2 heterocycles. The van der Waals surface area contributed by atoms with Gasteiger partial charge in [0, 0.05) is 13.2 Å². The summed E-state index contributed by atoms with van der Waals surface area (Å²) in [6.07, 6.45) is 1.60. The monoisotopic (exact) mass is 451 g/mol. The third kappa shape index (κ3) is 4.20. The summed E-state index contributed by atoms with van der Waals surface area (Å²) in [7, 11) is 3.09. The predicted molar refractivity (Wildman–Crippen MR) is 123 cm³/mol. The molecule has 7 heteroatoms. The quantitative estimate of drug-likeness (QED) is 0.407. The number of aryl methyl sites for hydroxylation is 2. The van der Waals surface area contributed by atoms with E-state index in [0.29, 0.717) is 29.2 Å². The number of likely N-dealkylation sites (tertiary alicyclic amines) is 1. The highest BCUT2D eigenvalue weighted by Gasteiger charge is 2.47. The number of carbonyl (C=O) groups is 2. The van der Waals surface area contributed by atoms with Crippen molar-refractivity contribution in [2.24, 2.45) is 0 Å². The van der Waals surface area contributed by atoms with Crippen LogP contribution < -0.4 is 9.47 Å². The number of benzene rings is 2. The first-order chi connectivity index (χ1) is 15.8. The Morgan fingerprint density at radius 2 is 1.85 bits per heavy atom. The van der Waals surface area contributed by atoms with Crippen molar-refractivity contribution in [3.05, 3.63) is 64.2 Å². The molecule has 2 aromatic carbocycles. The van der Waals surface area contributed by atoms with Gasteiger partial charge in [-0.05, 0) is 61.6 Å². The fourth-order valence-electron chi connectivity index (χ4n) is 4.76. The van der Waals surface area contributed by atoms with E-state index >= 15 is 0 Å². The highest BCUT2D eigenvalue weighted by atomic mass is 16.5. The molecule has 0 spiro atoms. The molecule has 2 aliphatic rings. The number of methoxy groups -OCH3 is 2. The highest BCUT2D eigenvalue weighted by Crippen LogP contribution is 2.42. The molecule has 1 N–H and O–H groups in total. The number of hydrogen-bond acceptors (Lipinski definition) is 6. The number of Topliss-reactive ketones (excluding diaryl/α,β-unsaturated/α-hetero) is 1. The minimum Gasteiger partial charge on any atom is -0.507 e. The molecule has 0 aromatic heterocycles. The Labute approximate surface area is 193 Å². The average molecular weight is 452 g/mol. The molecule has 0 aliphatic carbocycles. The van der Waals surface area contributed by atoms with Crippen LogP contribution in [0.25, 0.3) is 5.76 Å². The van der Waals surface area contributed by atoms with Crippen molar-refractivity contribution >= 4 is 17.4 Å². The van der Waals surface area contributed by atoms with E-state index in [0.717, 1.165) is 24.0 Å². The van der Waals surface area contributed by atoms with Gasteiger partial charge in [0.25, 0.3) is 11.7 Å². The summed E-state index contributed by atoms with van der Waals surface area (Å²) >= 11 is 0. The highest BCUT2D eigenvalue weighted by molar-refractivity contribution is 6.46. The zero-order valence-electron chi connectivity index (χ0n) is 19.4. The summed E-state index contributed by atoms with van der Waals surface area (Å²) in [6, 6.07) is 10.1. The van der Waals surface area contributed by atoms with Crippen molar-refractivity contribution in [3.8, 4) is 11.5 Å². The van der Waals surface area contributed by atoms with Gasteiger partial charge in [0.15, 0.2) is 0 Å². The first kappa shape index (κ1) is 22.9. The molecule has 0 radical (unpaired) electrons. The van der Waals surface area contributed by atoms with Gasteiger partial charge in [-0.3, -0.25) is 9.59 Å². The molecule has 0 bridgehead atoms. The maximum absolute atomic E-state index is 13.3. The molecule has 174 valence electrons. The van der Waals surface area contributed by atoms with E-state index in [2.05, 4.69) is 0 Å². The van der Waals surface area contributed by atoms with E-state index in [1.807, 2.05) is 32.0 Å². The number of hydrogen-bond donors (Lipinski definition) is 1. The summed E-state index contributed by atoms with van der Waals surface area (Å²) < 4.78 is 16.5. The molecule has 7 nitrogen and oxygen atoms in total. The number of ether oxygens (including phenoxy) is 3. The lowest BCUT2D eigenvalue weighted by atomic mass is 9.93. The fourth-order valence-corrected chi connectivity index (χ4v) is 4.76. The molecule has 33 heavy (non-hydrogen) atoms. The number of amides is 1. The second kappa shape index (κ2) is 9.27. The van der Waals surface area contributed by atoms with E-state index in [-0.39, 0.29) is 24.0 Å². The Kier molecular flexibility index (Phi) is 6.42. The van der Waals surface area contributed by atoms with Crippen molar-refractivity contribution in [2.45, 2.75) is 38.8 Å². The first-order valence-electron chi connectivity index (χ1n) is 11.0. The minimum atomic E-state index is -0.745. The Morgan fingerprint density at radius 1 is 1.12 bits per heavy atom. The third-order valence-electron chi connectivity index (χ3n) is 6.27. The molecule has 1 amide bonds. The van der Waals surface area contributed by atoms with Crippen molar-refractivity contribution in [2.75, 3.05) is 27.4 Å². The summed E-state index contributed by atoms with van der Waals surface area (Å²) in [4.78, 5) is 27.9. The average Bonchev–Trinajstić information content (AvgIpc) is 3.40. The van der Waals surface area contributed by atoms with E-state index in [9.17, 15) is 14.7 Å². The number of aliphatic hydroxyl groups is 1. The van der Waals surface area contributed by atoms with E-state index in [4.69, 9.17) is 14.2 Å². The van der Waals surface area contributed by atoms with Gasteiger partial charge in [-0.2, -0.15) is 0 Å². The fraction of sp³-hybridized carbons (Fsp3) is 0.385. The van der Waals surface area contributed by atoms with Crippen LogP contribution in [0.3, 0.4) is 0 Å². The summed E-state index contributed by atoms with van der Waals surface area (Å²) in [5.74, 6) is -0.473. The molecule has 0 saturated carbocycles. The van der Waals surface area contributed by atoms with Crippen molar-refractivity contribution in [1.82, 2.24) is 4.90 Å². The molecule has 2 atom stereocenters. The van der Waals surface area contributed by atoms with Gasteiger partial charge >= 0.3 is 0 Å². The Bertz CT molecular complexity index is 1100. The lowest BCUT2D eigenvalue weighted by molar-refractivity contribution is -0.140. The van der Waals surface area contributed by atoms with Gasteiger partial charge < -0.3 is 24.2 Å². The van der Waals surface area contributed by atoms with Gasteiger partial charge in [0.05, 0.1) is 37.5 Å². The number of rotatable bonds is 6. The lowest BCUT2D eigenvalue weighted by Gasteiger charge is -2.27. The zero-order valence-corrected chi connectivity index (χ0v) is 19.4. The van der Waals surface area contributed by atoms with Crippen LogP contribution in [0.1, 0.15) is 41.1 Å². The van der Waals surface area contributed by atoms with Crippen LogP contribution in [0.15, 0.2) is 42.0 Å². The van der Waals surface area contributed by atoms with Crippen molar-refractivity contribution in [3.63, 3.8) is 0 Å². The normalized spacial score (nSPS) is 22.1. The summed E-state index contributed by atoms with van der Waals surface area (Å²) in [5.41, 5.74) is 2.88. The number of carbonyl (C=O) groups excluding carboxylic acids is 2. The standard InChI is InChI=1S/C26H29NO6/c1-15-12-16(2)25(32-4)20(13-15)23(28)21-22(17-7-9-18(31-3)10-8-17)27(26(30)24(21)29)14-19-6-5-11-33-19/h7-10,12-13,19,22,28H,5-6,11,14H2,1-4H3/b23-21+. The molecule has 2 fully saturated rings. The largest absolute Gasteiger partial charge is 0.507 e. The molecular weight excluding hydrogens is 422 g/mol. The van der Waals surface area contributed by atoms with Crippen LogP contribution in [-0.2, 0) is 14.3 Å². The van der Waals surface area contributed by atoms with Crippen LogP contribution in [0.4, 0.5) is 0 Å². The van der Waals surface area contributed by atoms with Crippen LogP contribution in [0, 0.1) is 13.8 Å². The SMILES string of the molecule is COc1ccc(C2/C(=C(\O)c3cc(C)cc(C)c3OC)C(=O)C(=O)N2CC2CCCO2)cc1. The summed E-state index contributed by atoms with van der Waals surface area (Å²) in [6.45, 7) is 4.70. The predicted octanol–water partition coefficient (Wildman–Crippen LogP) is 3.92. The van der Waals surface area contributed by atoms with Crippen LogP contribution >= 0.6 is 0 Å². The molecular formula is C26H29NO6. The lowest BCUT2D eigenvalue weighted by Crippen LogP contribution is -2.36. The van der Waals surface area contributed by atoms with E-state index in [1.54, 1.807) is 25.3 Å². The molecule has 2 saturated heterocycles. The second-order valence-electron chi connectivity index (χ2n) is 8.52. The van der Waals surface area contributed by atoms with Gasteiger partial charge in [0.2, 0.25) is 0 Å². The number of ketones is 1. The molecule has 2 unspecified atom stereocenters. The van der Waals surface area contributed by atoms with Gasteiger partial charge in [0.1, 0.15) is 17.3 Å². The Hall–Kier alpha value is -3.32. The number of aliphatic hydroxyl groups excluding tert-OH is 1. The van der Waals surface area contributed by atoms with Crippen molar-refractivity contribution < 1.29 is 28.9 Å². The Balaban J connectivity index is 1.88. The third-order valence-corrected chi connectivity index (χ3v) is 6.27. The van der Waals surface area contributed by atoms with Gasteiger partial charge in [-0.15, -0.1) is 0 Å². The maximum Gasteiger partial charge on any atom is 0.295 e. The van der Waals surface area contributed by atoms with E-state index < -0.39 is 17.7 Å². The Morgan fingerprint density at radius 3 is 2.45 bits per heavy atom. The van der Waals surface area contributed by atoms with Gasteiger partial charge in [-0.1, -0.05) is 18.2 Å². The van der Waals surface area contributed by atoms with Gasteiger partial charge in [-0.25, -0.2) is 0 Å². The van der Waals surface area contributed by atoms with Crippen LogP contribution in [0.5, 0.6) is 11.5 Å². The minimum absolute atomic E-state index is 0.0477. The number of nitrogens with zero attached hydrogens (tertiary/aromatic N) is 1. The molecule has 2 aromatic rings. The van der Waals surface area contributed by atoms with Crippen LogP contribution in [0.2, 0.25) is 0 Å².